The summed E-state index contributed by atoms with van der Waals surface area (Å²) in [5, 5.41) is 13.1. The average molecular weight is 242 g/mol. The molecule has 94 valence electrons. The first kappa shape index (κ1) is 14.7. The topological polar surface area (TPSA) is 78.4 Å². The zero-order valence-electron chi connectivity index (χ0n) is 8.76. The molecular formula is C8H13F3N2O3. The van der Waals surface area contributed by atoms with Gasteiger partial charge in [-0.2, -0.15) is 13.2 Å². The van der Waals surface area contributed by atoms with Crippen LogP contribution in [0.4, 0.5) is 13.2 Å². The van der Waals surface area contributed by atoms with Crippen molar-refractivity contribution >= 4 is 11.9 Å². The summed E-state index contributed by atoms with van der Waals surface area (Å²) in [5.41, 5.74) is 0. The molecule has 2 atom stereocenters. The monoisotopic (exact) mass is 242 g/mol. The van der Waals surface area contributed by atoms with E-state index in [0.717, 1.165) is 6.54 Å². The van der Waals surface area contributed by atoms with Gasteiger partial charge in [-0.3, -0.25) is 4.79 Å². The molecule has 5 nitrogen and oxygen atoms in total. The van der Waals surface area contributed by atoms with E-state index in [1.54, 1.807) is 6.92 Å². The molecule has 0 saturated carbocycles. The molecule has 1 rings (SSSR count). The highest BCUT2D eigenvalue weighted by molar-refractivity contribution is 5.73. The first-order valence-electron chi connectivity index (χ1n) is 4.45. The summed E-state index contributed by atoms with van der Waals surface area (Å²) < 4.78 is 31.7. The van der Waals surface area contributed by atoms with Crippen LogP contribution in [0.25, 0.3) is 0 Å². The molecule has 0 aromatic carbocycles. The predicted octanol–water partition coefficient (Wildman–Crippen LogP) is 0.116. The molecule has 1 amide bonds. The highest BCUT2D eigenvalue weighted by atomic mass is 19.4. The molecule has 0 unspecified atom stereocenters. The zero-order chi connectivity index (χ0) is 12.9. The van der Waals surface area contributed by atoms with E-state index in [0.29, 0.717) is 12.1 Å². The first-order valence-corrected chi connectivity index (χ1v) is 4.45. The summed E-state index contributed by atoms with van der Waals surface area (Å²) in [6, 6.07) is 0.816. The number of carboxylic acids is 1. The van der Waals surface area contributed by atoms with E-state index >= 15 is 0 Å². The van der Waals surface area contributed by atoms with Crippen LogP contribution in [0.2, 0.25) is 0 Å². The van der Waals surface area contributed by atoms with Gasteiger partial charge in [-0.05, 0) is 6.92 Å². The van der Waals surface area contributed by atoms with Gasteiger partial charge in [0.05, 0.1) is 6.04 Å². The van der Waals surface area contributed by atoms with Crippen molar-refractivity contribution in [2.24, 2.45) is 0 Å². The second kappa shape index (κ2) is 5.69. The molecular weight excluding hydrogens is 229 g/mol. The molecule has 0 radical (unpaired) electrons. The average Bonchev–Trinajstić information content (AvgIpc) is 2.11. The summed E-state index contributed by atoms with van der Waals surface area (Å²) in [6.45, 7) is 4.52. The first-order chi connectivity index (χ1) is 7.14. The zero-order valence-corrected chi connectivity index (χ0v) is 8.76. The van der Waals surface area contributed by atoms with E-state index in [-0.39, 0.29) is 5.91 Å². The van der Waals surface area contributed by atoms with Gasteiger partial charge in [0.25, 0.3) is 0 Å². The van der Waals surface area contributed by atoms with Gasteiger partial charge in [-0.15, -0.1) is 0 Å². The lowest BCUT2D eigenvalue weighted by Gasteiger charge is -2.35. The Morgan fingerprint density at radius 1 is 1.44 bits per heavy atom. The van der Waals surface area contributed by atoms with E-state index in [1.165, 1.54) is 0 Å². The number of hydrogen-bond donors (Lipinski definition) is 3. The fraction of sp³-hybridized carbons (Fsp3) is 0.750. The SMILES string of the molecule is CC(=O)N[C@H]1CN[C@@H]1C.O=C(O)C(F)(F)F. The van der Waals surface area contributed by atoms with E-state index in [1.807, 2.05) is 0 Å². The summed E-state index contributed by atoms with van der Waals surface area (Å²) in [6.07, 6.45) is -5.08. The molecule has 0 aliphatic carbocycles. The number of carboxylic acid groups (broad SMARTS) is 1. The summed E-state index contributed by atoms with van der Waals surface area (Å²) >= 11 is 0. The Morgan fingerprint density at radius 3 is 1.94 bits per heavy atom. The highest BCUT2D eigenvalue weighted by Gasteiger charge is 2.38. The minimum absolute atomic E-state index is 0.0633. The van der Waals surface area contributed by atoms with Gasteiger partial charge in [0, 0.05) is 19.5 Å². The maximum absolute atomic E-state index is 10.6. The van der Waals surface area contributed by atoms with Gasteiger partial charge in [0.2, 0.25) is 5.91 Å². The minimum atomic E-state index is -5.08. The Kier molecular flexibility index (Phi) is 5.22. The molecule has 0 aromatic rings. The van der Waals surface area contributed by atoms with Crippen LogP contribution in [-0.2, 0) is 9.59 Å². The smallest absolute Gasteiger partial charge is 0.475 e. The van der Waals surface area contributed by atoms with Gasteiger partial charge in [0.1, 0.15) is 0 Å². The van der Waals surface area contributed by atoms with Crippen molar-refractivity contribution in [3.63, 3.8) is 0 Å². The molecule has 16 heavy (non-hydrogen) atoms. The summed E-state index contributed by atoms with van der Waals surface area (Å²) in [7, 11) is 0. The predicted molar refractivity (Wildman–Crippen MR) is 48.8 cm³/mol. The van der Waals surface area contributed by atoms with Crippen LogP contribution in [0.5, 0.6) is 0 Å². The van der Waals surface area contributed by atoms with Crippen LogP contribution in [-0.4, -0.2) is 41.8 Å². The van der Waals surface area contributed by atoms with Crippen LogP contribution < -0.4 is 10.6 Å². The number of amides is 1. The normalized spacial score (nSPS) is 23.6. The second-order valence-corrected chi connectivity index (χ2v) is 3.31. The number of carbonyl (C=O) groups excluding carboxylic acids is 1. The van der Waals surface area contributed by atoms with E-state index in [2.05, 4.69) is 17.6 Å². The maximum Gasteiger partial charge on any atom is 0.490 e. The lowest BCUT2D eigenvalue weighted by molar-refractivity contribution is -0.192. The summed E-state index contributed by atoms with van der Waals surface area (Å²) in [5.74, 6) is -2.69. The number of alkyl halides is 3. The largest absolute Gasteiger partial charge is 0.490 e. The Hall–Kier alpha value is -1.31. The van der Waals surface area contributed by atoms with Gasteiger partial charge < -0.3 is 15.7 Å². The third kappa shape index (κ3) is 5.54. The minimum Gasteiger partial charge on any atom is -0.475 e. The van der Waals surface area contributed by atoms with Crippen LogP contribution in [0.15, 0.2) is 0 Å². The van der Waals surface area contributed by atoms with Gasteiger partial charge in [0.15, 0.2) is 0 Å². The van der Waals surface area contributed by atoms with Crippen LogP contribution in [0, 0.1) is 0 Å². The molecule has 1 fully saturated rings. The third-order valence-corrected chi connectivity index (χ3v) is 1.89. The Balaban J connectivity index is 0.000000293. The number of nitrogens with one attached hydrogen (secondary N) is 2. The maximum atomic E-state index is 10.6. The molecule has 1 aliphatic heterocycles. The lowest BCUT2D eigenvalue weighted by Crippen LogP contribution is -2.63. The van der Waals surface area contributed by atoms with E-state index < -0.39 is 12.1 Å². The highest BCUT2D eigenvalue weighted by Crippen LogP contribution is 2.13. The Morgan fingerprint density at radius 2 is 1.88 bits per heavy atom. The fourth-order valence-electron chi connectivity index (χ4n) is 0.909. The fourth-order valence-corrected chi connectivity index (χ4v) is 0.909. The second-order valence-electron chi connectivity index (χ2n) is 3.31. The van der Waals surface area contributed by atoms with Crippen molar-refractivity contribution in [3.05, 3.63) is 0 Å². The van der Waals surface area contributed by atoms with Crippen LogP contribution in [0.1, 0.15) is 13.8 Å². The van der Waals surface area contributed by atoms with Crippen molar-refractivity contribution in [1.82, 2.24) is 10.6 Å². The molecule has 1 heterocycles. The van der Waals surface area contributed by atoms with Crippen molar-refractivity contribution < 1.29 is 27.9 Å². The van der Waals surface area contributed by atoms with E-state index in [9.17, 15) is 18.0 Å². The Bertz CT molecular complexity index is 268. The Labute approximate surface area is 90.0 Å². The lowest BCUT2D eigenvalue weighted by atomic mass is 10.0. The third-order valence-electron chi connectivity index (χ3n) is 1.89. The van der Waals surface area contributed by atoms with Crippen LogP contribution >= 0.6 is 0 Å². The number of aliphatic carboxylic acids is 1. The number of carbonyl (C=O) groups is 2. The number of hydrogen-bond acceptors (Lipinski definition) is 3. The van der Waals surface area contributed by atoms with Gasteiger partial charge >= 0.3 is 12.1 Å². The van der Waals surface area contributed by atoms with Gasteiger partial charge in [-0.25, -0.2) is 4.79 Å². The standard InChI is InChI=1S/C6H12N2O.C2HF3O2/c1-4-6(3-7-4)8-5(2)9;3-2(4,5)1(6)7/h4,6-7H,3H2,1-2H3,(H,8,9);(H,6,7)/t4-,6+;/m1./s1. The molecule has 0 aromatic heterocycles. The molecule has 1 saturated heterocycles. The van der Waals surface area contributed by atoms with Crippen molar-refractivity contribution in [2.45, 2.75) is 32.1 Å². The number of halogens is 3. The van der Waals surface area contributed by atoms with Crippen molar-refractivity contribution in [1.29, 1.82) is 0 Å². The van der Waals surface area contributed by atoms with Crippen molar-refractivity contribution in [3.8, 4) is 0 Å². The summed E-state index contributed by atoms with van der Waals surface area (Å²) in [4.78, 5) is 19.3. The molecule has 8 heteroatoms. The molecule has 0 bridgehead atoms. The van der Waals surface area contributed by atoms with E-state index in [4.69, 9.17) is 9.90 Å². The number of rotatable bonds is 1. The molecule has 1 aliphatic rings. The molecule has 0 spiro atoms. The quantitative estimate of drug-likeness (QED) is 0.610. The van der Waals surface area contributed by atoms with Gasteiger partial charge in [-0.1, -0.05) is 0 Å². The van der Waals surface area contributed by atoms with Crippen molar-refractivity contribution in [2.75, 3.05) is 6.54 Å². The molecule has 3 N–H and O–H groups in total. The van der Waals surface area contributed by atoms with Crippen LogP contribution in [0.3, 0.4) is 0 Å².